The molecule has 130 valence electrons. The van der Waals surface area contributed by atoms with E-state index >= 15 is 0 Å². The van der Waals surface area contributed by atoms with Gasteiger partial charge >= 0.3 is 10.4 Å². The van der Waals surface area contributed by atoms with Crippen LogP contribution in [0.3, 0.4) is 0 Å². The number of ether oxygens (including phenoxy) is 2. The fraction of sp³-hybridized carbons (Fsp3) is 0.600. The van der Waals surface area contributed by atoms with Gasteiger partial charge in [0.25, 0.3) is 0 Å². The van der Waals surface area contributed by atoms with Crippen LogP contribution in [-0.4, -0.2) is 54.3 Å². The van der Waals surface area contributed by atoms with Crippen LogP contribution in [0.2, 0.25) is 0 Å². The normalized spacial score (nSPS) is 15.6. The van der Waals surface area contributed by atoms with Gasteiger partial charge in [0.05, 0.1) is 21.3 Å². The summed E-state index contributed by atoms with van der Waals surface area (Å²) in [5.74, 6) is 0.574. The lowest BCUT2D eigenvalue weighted by atomic mass is 10.1. The Bertz CT molecular complexity index is 600. The highest BCUT2D eigenvalue weighted by molar-refractivity contribution is 7.82. The fourth-order valence-electron chi connectivity index (χ4n) is 2.59. The van der Waals surface area contributed by atoms with Crippen molar-refractivity contribution in [3.63, 3.8) is 0 Å². The van der Waals surface area contributed by atoms with Crippen molar-refractivity contribution < 1.29 is 26.3 Å². The Balaban J connectivity index is 2.22. The second kappa shape index (κ2) is 7.85. The number of rotatable bonds is 8. The molecule has 0 aromatic heterocycles. The Kier molecular flexibility index (Phi) is 6.09. The zero-order valence-electron chi connectivity index (χ0n) is 13.7. The van der Waals surface area contributed by atoms with E-state index in [2.05, 4.69) is 9.08 Å². The first kappa shape index (κ1) is 17.8. The van der Waals surface area contributed by atoms with Crippen LogP contribution in [-0.2, 0) is 21.0 Å². The SMILES string of the molecule is COc1cc(CCN2CCCC2)cc(OC)c1OS(=O)(=O)OC. The summed E-state index contributed by atoms with van der Waals surface area (Å²) in [5, 5.41) is 0. The number of hydrogen-bond donors (Lipinski definition) is 0. The maximum atomic E-state index is 11.5. The smallest absolute Gasteiger partial charge is 0.449 e. The average Bonchev–Trinajstić information content (AvgIpc) is 3.06. The molecule has 0 spiro atoms. The topological polar surface area (TPSA) is 74.3 Å². The van der Waals surface area contributed by atoms with Crippen molar-refractivity contribution in [1.82, 2.24) is 4.90 Å². The highest BCUT2D eigenvalue weighted by atomic mass is 32.3. The van der Waals surface area contributed by atoms with Gasteiger partial charge in [0.1, 0.15) is 0 Å². The average molecular weight is 345 g/mol. The first-order valence-corrected chi connectivity index (χ1v) is 8.79. The number of hydrogen-bond acceptors (Lipinski definition) is 7. The highest BCUT2D eigenvalue weighted by Crippen LogP contribution is 2.39. The molecule has 0 unspecified atom stereocenters. The maximum absolute atomic E-state index is 11.5. The Morgan fingerprint density at radius 2 is 1.61 bits per heavy atom. The molecule has 1 fully saturated rings. The quantitative estimate of drug-likeness (QED) is 0.708. The van der Waals surface area contributed by atoms with Gasteiger partial charge in [-0.2, -0.15) is 8.42 Å². The van der Waals surface area contributed by atoms with Gasteiger partial charge in [-0.3, -0.25) is 0 Å². The minimum absolute atomic E-state index is 0.0122. The third kappa shape index (κ3) is 4.73. The molecule has 0 N–H and O–H groups in total. The molecule has 1 aliphatic rings. The molecule has 0 atom stereocenters. The standard InChI is InChI=1S/C15H23NO6S/c1-19-13-10-12(6-9-16-7-4-5-8-16)11-14(20-2)15(13)22-23(17,18)21-3/h10-11H,4-9H2,1-3H3. The van der Waals surface area contributed by atoms with Gasteiger partial charge in [-0.25, -0.2) is 4.18 Å². The van der Waals surface area contributed by atoms with Gasteiger partial charge < -0.3 is 18.6 Å². The monoisotopic (exact) mass is 345 g/mol. The summed E-state index contributed by atoms with van der Waals surface area (Å²) in [4.78, 5) is 2.40. The van der Waals surface area contributed by atoms with Crippen LogP contribution in [0.5, 0.6) is 17.2 Å². The van der Waals surface area contributed by atoms with Crippen molar-refractivity contribution in [3.05, 3.63) is 17.7 Å². The largest absolute Gasteiger partial charge is 0.493 e. The number of likely N-dealkylation sites (tertiary alicyclic amines) is 1. The van der Waals surface area contributed by atoms with E-state index in [1.54, 1.807) is 12.1 Å². The van der Waals surface area contributed by atoms with Crippen molar-refractivity contribution >= 4 is 10.4 Å². The summed E-state index contributed by atoms with van der Waals surface area (Å²) in [6, 6.07) is 3.53. The summed E-state index contributed by atoms with van der Waals surface area (Å²) >= 11 is 0. The van der Waals surface area contributed by atoms with Gasteiger partial charge in [0.2, 0.25) is 5.75 Å². The van der Waals surface area contributed by atoms with E-state index in [9.17, 15) is 8.42 Å². The van der Waals surface area contributed by atoms with E-state index < -0.39 is 10.4 Å². The van der Waals surface area contributed by atoms with E-state index in [-0.39, 0.29) is 5.75 Å². The number of methoxy groups -OCH3 is 2. The highest BCUT2D eigenvalue weighted by Gasteiger charge is 2.21. The molecule has 1 aliphatic heterocycles. The Labute approximate surface area is 137 Å². The predicted octanol–water partition coefficient (Wildman–Crippen LogP) is 1.61. The summed E-state index contributed by atoms with van der Waals surface area (Å²) < 4.78 is 42.8. The van der Waals surface area contributed by atoms with Crippen molar-refractivity contribution in [3.8, 4) is 17.2 Å². The maximum Gasteiger partial charge on any atom is 0.449 e. The fourth-order valence-corrected chi connectivity index (χ4v) is 3.03. The van der Waals surface area contributed by atoms with Crippen LogP contribution in [0.25, 0.3) is 0 Å². The lowest BCUT2D eigenvalue weighted by molar-refractivity contribution is 0.308. The Morgan fingerprint density at radius 1 is 1.04 bits per heavy atom. The van der Waals surface area contributed by atoms with Gasteiger partial charge in [-0.15, -0.1) is 0 Å². The molecule has 23 heavy (non-hydrogen) atoms. The molecule has 1 aromatic rings. The van der Waals surface area contributed by atoms with Gasteiger partial charge in [0, 0.05) is 6.54 Å². The van der Waals surface area contributed by atoms with E-state index in [1.165, 1.54) is 27.1 Å². The van der Waals surface area contributed by atoms with Crippen molar-refractivity contribution in [2.24, 2.45) is 0 Å². The Hall–Kier alpha value is -1.51. The molecule has 1 heterocycles. The lowest BCUT2D eigenvalue weighted by Gasteiger charge is -2.17. The molecule has 2 rings (SSSR count). The minimum Gasteiger partial charge on any atom is -0.493 e. The number of benzene rings is 1. The number of nitrogens with zero attached hydrogens (tertiary/aromatic N) is 1. The van der Waals surface area contributed by atoms with Crippen LogP contribution in [0.15, 0.2) is 12.1 Å². The third-order valence-electron chi connectivity index (χ3n) is 3.83. The lowest BCUT2D eigenvalue weighted by Crippen LogP contribution is -2.22. The molecular formula is C15H23NO6S. The molecule has 0 bridgehead atoms. The molecule has 1 aromatic carbocycles. The van der Waals surface area contributed by atoms with Crippen molar-refractivity contribution in [2.75, 3.05) is 41.0 Å². The molecule has 7 nitrogen and oxygen atoms in total. The molecule has 0 amide bonds. The molecule has 8 heteroatoms. The molecule has 0 radical (unpaired) electrons. The molecular weight excluding hydrogens is 322 g/mol. The second-order valence-electron chi connectivity index (χ2n) is 5.29. The summed E-state index contributed by atoms with van der Waals surface area (Å²) in [5.41, 5.74) is 0.993. The second-order valence-corrected chi connectivity index (χ2v) is 6.60. The minimum atomic E-state index is -4.14. The zero-order chi connectivity index (χ0) is 16.9. The van der Waals surface area contributed by atoms with E-state index in [0.29, 0.717) is 11.5 Å². The van der Waals surface area contributed by atoms with Crippen molar-refractivity contribution in [1.29, 1.82) is 0 Å². The van der Waals surface area contributed by atoms with Crippen LogP contribution in [0, 0.1) is 0 Å². The first-order valence-electron chi connectivity index (χ1n) is 7.46. The third-order valence-corrected chi connectivity index (χ3v) is 4.60. The molecule has 0 aliphatic carbocycles. The van der Waals surface area contributed by atoms with E-state index in [1.807, 2.05) is 0 Å². The zero-order valence-corrected chi connectivity index (χ0v) is 14.5. The van der Waals surface area contributed by atoms with Gasteiger partial charge in [-0.1, -0.05) is 0 Å². The summed E-state index contributed by atoms with van der Waals surface area (Å²) in [7, 11) is -0.218. The van der Waals surface area contributed by atoms with Crippen LogP contribution in [0.4, 0.5) is 0 Å². The van der Waals surface area contributed by atoms with Crippen LogP contribution in [0.1, 0.15) is 18.4 Å². The Morgan fingerprint density at radius 3 is 2.09 bits per heavy atom. The van der Waals surface area contributed by atoms with Crippen LogP contribution < -0.4 is 13.7 Å². The van der Waals surface area contributed by atoms with Gasteiger partial charge in [0.15, 0.2) is 11.5 Å². The van der Waals surface area contributed by atoms with Crippen LogP contribution >= 0.6 is 0 Å². The van der Waals surface area contributed by atoms with Gasteiger partial charge in [-0.05, 0) is 50.0 Å². The predicted molar refractivity (Wildman–Crippen MR) is 85.5 cm³/mol. The first-order chi connectivity index (χ1) is 11.0. The van der Waals surface area contributed by atoms with Crippen molar-refractivity contribution in [2.45, 2.75) is 19.3 Å². The van der Waals surface area contributed by atoms with E-state index in [4.69, 9.17) is 13.7 Å². The summed E-state index contributed by atoms with van der Waals surface area (Å²) in [6.45, 7) is 3.20. The summed E-state index contributed by atoms with van der Waals surface area (Å²) in [6.07, 6.45) is 3.31. The molecule has 1 saturated heterocycles. The molecule has 0 saturated carbocycles. The van der Waals surface area contributed by atoms with E-state index in [0.717, 1.165) is 38.7 Å².